The molecule has 4 rings (SSSR count). The lowest BCUT2D eigenvalue weighted by molar-refractivity contribution is -0.268. The lowest BCUT2D eigenvalue weighted by Crippen LogP contribution is -2.50. The molecule has 0 bridgehead atoms. The van der Waals surface area contributed by atoms with Gasteiger partial charge in [0.15, 0.2) is 6.29 Å². The van der Waals surface area contributed by atoms with Crippen LogP contribution >= 0.6 is 0 Å². The average Bonchev–Trinajstić information content (AvgIpc) is 2.87. The summed E-state index contributed by atoms with van der Waals surface area (Å²) < 4.78 is 30.2. The number of ether oxygens (including phenoxy) is 5. The molecule has 4 atom stereocenters. The van der Waals surface area contributed by atoms with Crippen LogP contribution in [-0.4, -0.2) is 31.7 Å². The maximum Gasteiger partial charge on any atom is 0.161 e. The van der Waals surface area contributed by atoms with E-state index >= 15 is 0 Å². The summed E-state index contributed by atoms with van der Waals surface area (Å²) in [7, 11) is 1.66. The van der Waals surface area contributed by atoms with Crippen molar-refractivity contribution >= 4 is 0 Å². The van der Waals surface area contributed by atoms with E-state index in [1.807, 2.05) is 67.6 Å². The molecule has 1 aliphatic heterocycles. The summed E-state index contributed by atoms with van der Waals surface area (Å²) in [6.07, 6.45) is -0.246. The van der Waals surface area contributed by atoms with E-state index in [0.29, 0.717) is 26.2 Å². The molecule has 0 aliphatic carbocycles. The Bertz CT molecular complexity index is 945. The lowest BCUT2D eigenvalue weighted by atomic mass is 10.0. The minimum Gasteiger partial charge on any atom is -0.497 e. The van der Waals surface area contributed by atoms with E-state index < -0.39 is 0 Å². The molecule has 0 unspecified atom stereocenters. The molecule has 1 saturated heterocycles. The molecule has 0 N–H and O–H groups in total. The average molecular weight is 449 g/mol. The van der Waals surface area contributed by atoms with Crippen molar-refractivity contribution in [1.82, 2.24) is 0 Å². The number of benzene rings is 3. The molecule has 1 aliphatic rings. The maximum absolute atomic E-state index is 6.35. The molecule has 0 amide bonds. The fraction of sp³-hybridized carbons (Fsp3) is 0.357. The third-order valence-corrected chi connectivity index (χ3v) is 5.81. The second kappa shape index (κ2) is 12.0. The van der Waals surface area contributed by atoms with Crippen LogP contribution in [0.15, 0.2) is 84.9 Å². The minimum atomic E-state index is -0.362. The molecule has 1 heterocycles. The van der Waals surface area contributed by atoms with Crippen LogP contribution in [0, 0.1) is 0 Å². The standard InChI is InChI=1S/C28H32O5/c1-21-28(32-20-23-11-7-4-8-12-23)26(30-18-22-9-5-3-6-10-22)17-27(33-21)31-19-24-13-15-25(29-2)16-14-24/h3-16,21,26-28H,17-20H2,1-2H3/t21-,26-,27-,28-/m1/s1. The van der Waals surface area contributed by atoms with Gasteiger partial charge in [-0.3, -0.25) is 0 Å². The van der Waals surface area contributed by atoms with Crippen molar-refractivity contribution in [2.75, 3.05) is 7.11 Å². The Labute approximate surface area is 196 Å². The number of hydrogen-bond acceptors (Lipinski definition) is 5. The zero-order chi connectivity index (χ0) is 22.9. The summed E-state index contributed by atoms with van der Waals surface area (Å²) in [5, 5.41) is 0. The zero-order valence-corrected chi connectivity index (χ0v) is 19.3. The Balaban J connectivity index is 1.38. The first-order valence-electron chi connectivity index (χ1n) is 11.4. The van der Waals surface area contributed by atoms with Gasteiger partial charge in [0, 0.05) is 6.42 Å². The van der Waals surface area contributed by atoms with Crippen LogP contribution in [0.1, 0.15) is 30.0 Å². The smallest absolute Gasteiger partial charge is 0.161 e. The normalized spacial score (nSPS) is 22.7. The number of rotatable bonds is 10. The third kappa shape index (κ3) is 6.89. The summed E-state index contributed by atoms with van der Waals surface area (Å²) in [4.78, 5) is 0. The second-order valence-corrected chi connectivity index (χ2v) is 8.26. The third-order valence-electron chi connectivity index (χ3n) is 5.81. The summed E-state index contributed by atoms with van der Waals surface area (Å²) >= 11 is 0. The quantitative estimate of drug-likeness (QED) is 0.409. The predicted molar refractivity (Wildman–Crippen MR) is 127 cm³/mol. The fourth-order valence-corrected chi connectivity index (χ4v) is 3.97. The lowest BCUT2D eigenvalue weighted by Gasteiger charge is -2.40. The van der Waals surface area contributed by atoms with Crippen LogP contribution < -0.4 is 4.74 Å². The van der Waals surface area contributed by atoms with Gasteiger partial charge in [0.2, 0.25) is 0 Å². The first-order valence-corrected chi connectivity index (χ1v) is 11.4. The molecule has 0 aromatic heterocycles. The van der Waals surface area contributed by atoms with Crippen molar-refractivity contribution < 1.29 is 23.7 Å². The molecule has 0 saturated carbocycles. The summed E-state index contributed by atoms with van der Waals surface area (Å²) in [6.45, 7) is 3.52. The molecular formula is C28H32O5. The van der Waals surface area contributed by atoms with Crippen molar-refractivity contribution in [3.05, 3.63) is 102 Å². The van der Waals surface area contributed by atoms with Crippen molar-refractivity contribution in [2.45, 2.75) is 57.8 Å². The monoisotopic (exact) mass is 448 g/mol. The molecule has 5 heteroatoms. The van der Waals surface area contributed by atoms with E-state index in [2.05, 4.69) is 24.3 Å². The van der Waals surface area contributed by atoms with Crippen molar-refractivity contribution in [1.29, 1.82) is 0 Å². The van der Waals surface area contributed by atoms with Gasteiger partial charge in [0.1, 0.15) is 11.9 Å². The van der Waals surface area contributed by atoms with Gasteiger partial charge in [-0.1, -0.05) is 72.8 Å². The predicted octanol–water partition coefficient (Wildman–Crippen LogP) is 5.52. The van der Waals surface area contributed by atoms with E-state index in [-0.39, 0.29) is 24.6 Å². The van der Waals surface area contributed by atoms with Gasteiger partial charge in [0.05, 0.1) is 39.1 Å². The minimum absolute atomic E-state index is 0.140. The molecule has 3 aromatic rings. The zero-order valence-electron chi connectivity index (χ0n) is 19.3. The summed E-state index contributed by atoms with van der Waals surface area (Å²) in [5.41, 5.74) is 3.33. The van der Waals surface area contributed by atoms with Crippen LogP contribution in [0.2, 0.25) is 0 Å². The van der Waals surface area contributed by atoms with E-state index in [4.69, 9.17) is 23.7 Å². The van der Waals surface area contributed by atoms with Gasteiger partial charge in [-0.15, -0.1) is 0 Å². The van der Waals surface area contributed by atoms with Crippen molar-refractivity contribution in [3.8, 4) is 5.75 Å². The number of methoxy groups -OCH3 is 1. The Morgan fingerprint density at radius 2 is 1.24 bits per heavy atom. The van der Waals surface area contributed by atoms with E-state index in [1.165, 1.54) is 0 Å². The summed E-state index contributed by atoms with van der Waals surface area (Å²) in [5.74, 6) is 0.828. The maximum atomic E-state index is 6.35. The van der Waals surface area contributed by atoms with Crippen LogP contribution in [-0.2, 0) is 38.8 Å². The molecule has 0 spiro atoms. The molecule has 3 aromatic carbocycles. The van der Waals surface area contributed by atoms with Crippen molar-refractivity contribution in [3.63, 3.8) is 0 Å². The van der Waals surface area contributed by atoms with Crippen LogP contribution in [0.5, 0.6) is 5.75 Å². The molecular weight excluding hydrogens is 416 g/mol. The van der Waals surface area contributed by atoms with Gasteiger partial charge < -0.3 is 23.7 Å². The Morgan fingerprint density at radius 3 is 1.85 bits per heavy atom. The van der Waals surface area contributed by atoms with Gasteiger partial charge in [0.25, 0.3) is 0 Å². The second-order valence-electron chi connectivity index (χ2n) is 8.26. The van der Waals surface area contributed by atoms with Gasteiger partial charge in [-0.05, 0) is 35.7 Å². The highest BCUT2D eigenvalue weighted by molar-refractivity contribution is 5.26. The molecule has 174 valence electrons. The van der Waals surface area contributed by atoms with Gasteiger partial charge >= 0.3 is 0 Å². The van der Waals surface area contributed by atoms with Crippen LogP contribution in [0.25, 0.3) is 0 Å². The topological polar surface area (TPSA) is 46.2 Å². The van der Waals surface area contributed by atoms with Crippen LogP contribution in [0.4, 0.5) is 0 Å². The first kappa shape index (κ1) is 23.5. The molecule has 33 heavy (non-hydrogen) atoms. The van der Waals surface area contributed by atoms with Crippen molar-refractivity contribution in [2.24, 2.45) is 0 Å². The van der Waals surface area contributed by atoms with Gasteiger partial charge in [-0.2, -0.15) is 0 Å². The highest BCUT2D eigenvalue weighted by Crippen LogP contribution is 2.28. The van der Waals surface area contributed by atoms with E-state index in [0.717, 1.165) is 22.4 Å². The number of hydrogen-bond donors (Lipinski definition) is 0. The Kier molecular flexibility index (Phi) is 8.50. The fourth-order valence-electron chi connectivity index (χ4n) is 3.97. The first-order chi connectivity index (χ1) is 16.2. The molecule has 5 nitrogen and oxygen atoms in total. The van der Waals surface area contributed by atoms with Gasteiger partial charge in [-0.25, -0.2) is 0 Å². The Morgan fingerprint density at radius 1 is 0.697 bits per heavy atom. The molecule has 0 radical (unpaired) electrons. The largest absolute Gasteiger partial charge is 0.497 e. The Hall–Kier alpha value is -2.70. The highest BCUT2D eigenvalue weighted by Gasteiger charge is 2.38. The van der Waals surface area contributed by atoms with E-state index in [1.54, 1.807) is 7.11 Å². The SMILES string of the molecule is COc1ccc(CO[C@H]2C[C@@H](OCc3ccccc3)[C@H](OCc3ccccc3)[C@@H](C)O2)cc1. The molecule has 1 fully saturated rings. The summed E-state index contributed by atoms with van der Waals surface area (Å²) in [6, 6.07) is 28.2. The van der Waals surface area contributed by atoms with Crippen LogP contribution in [0.3, 0.4) is 0 Å². The van der Waals surface area contributed by atoms with E-state index in [9.17, 15) is 0 Å². The highest BCUT2D eigenvalue weighted by atomic mass is 16.7.